The number of anilines is 1. The minimum absolute atomic E-state index is 0.00782. The van der Waals surface area contributed by atoms with Gasteiger partial charge in [-0.15, -0.1) is 0 Å². The van der Waals surface area contributed by atoms with Crippen molar-refractivity contribution in [2.24, 2.45) is 0 Å². The summed E-state index contributed by atoms with van der Waals surface area (Å²) in [5.74, 6) is -0.380. The summed E-state index contributed by atoms with van der Waals surface area (Å²) in [7, 11) is 0. The van der Waals surface area contributed by atoms with Crippen LogP contribution in [0.2, 0.25) is 0 Å². The van der Waals surface area contributed by atoms with E-state index in [1.807, 2.05) is 18.7 Å². The summed E-state index contributed by atoms with van der Waals surface area (Å²) in [5.41, 5.74) is 5.40. The van der Waals surface area contributed by atoms with Gasteiger partial charge in [-0.25, -0.2) is 9.37 Å². The monoisotopic (exact) mass is 269 g/mol. The number of nitrogens with two attached hydrogens (primary N) is 1. The number of carbonyl (C=O) groups excluding carboxylic acids is 1. The molecule has 2 unspecified atom stereocenters. The van der Waals surface area contributed by atoms with E-state index in [0.29, 0.717) is 11.8 Å². The molecular formula is C12H16FN3OS. The number of nitrogen functional groups attached to an aromatic ring is 1. The number of nitrogens with zero attached hydrogens (tertiary/aromatic N) is 2. The smallest absolute Gasteiger partial charge is 0.257 e. The van der Waals surface area contributed by atoms with Gasteiger partial charge in [0.25, 0.3) is 5.91 Å². The van der Waals surface area contributed by atoms with Crippen LogP contribution in [0.4, 0.5) is 10.2 Å². The van der Waals surface area contributed by atoms with Crippen molar-refractivity contribution in [3.8, 4) is 0 Å². The molecule has 0 radical (unpaired) electrons. The minimum atomic E-state index is -0.722. The second-order valence-electron chi connectivity index (χ2n) is 4.37. The Hall–Kier alpha value is -1.30. The summed E-state index contributed by atoms with van der Waals surface area (Å²) >= 11 is 1.83. The Morgan fingerprint density at radius 3 is 3.06 bits per heavy atom. The van der Waals surface area contributed by atoms with E-state index in [4.69, 9.17) is 5.73 Å². The van der Waals surface area contributed by atoms with Gasteiger partial charge in [-0.05, 0) is 13.0 Å². The number of thioether (sulfide) groups is 1. The normalized spacial score (nSPS) is 24.1. The van der Waals surface area contributed by atoms with E-state index in [-0.39, 0.29) is 23.3 Å². The fourth-order valence-electron chi connectivity index (χ4n) is 2.00. The highest BCUT2D eigenvalue weighted by Gasteiger charge is 2.31. The van der Waals surface area contributed by atoms with Gasteiger partial charge in [0, 0.05) is 29.8 Å². The van der Waals surface area contributed by atoms with E-state index >= 15 is 0 Å². The Balaban J connectivity index is 2.28. The molecule has 0 bridgehead atoms. The molecule has 1 aliphatic rings. The summed E-state index contributed by atoms with van der Waals surface area (Å²) in [6.07, 6.45) is 1.36. The third-order valence-corrected chi connectivity index (χ3v) is 4.63. The molecule has 18 heavy (non-hydrogen) atoms. The van der Waals surface area contributed by atoms with Gasteiger partial charge in [0.05, 0.1) is 5.56 Å². The molecule has 2 N–H and O–H groups in total. The zero-order valence-electron chi connectivity index (χ0n) is 10.4. The third kappa shape index (κ3) is 2.29. The quantitative estimate of drug-likeness (QED) is 0.844. The topological polar surface area (TPSA) is 59.2 Å². The zero-order valence-corrected chi connectivity index (χ0v) is 11.2. The fraction of sp³-hybridized carbons (Fsp3) is 0.500. The maximum absolute atomic E-state index is 13.8. The van der Waals surface area contributed by atoms with Crippen LogP contribution >= 0.6 is 11.8 Å². The Bertz CT molecular complexity index is 469. The summed E-state index contributed by atoms with van der Waals surface area (Å²) in [5, 5.41) is 0.352. The maximum atomic E-state index is 13.8. The van der Waals surface area contributed by atoms with Crippen molar-refractivity contribution in [3.63, 3.8) is 0 Å². The van der Waals surface area contributed by atoms with Crippen molar-refractivity contribution in [3.05, 3.63) is 23.6 Å². The summed E-state index contributed by atoms with van der Waals surface area (Å²) in [6, 6.07) is 1.47. The van der Waals surface area contributed by atoms with Crippen LogP contribution in [0.3, 0.4) is 0 Å². The molecule has 4 nitrogen and oxygen atoms in total. The third-order valence-electron chi connectivity index (χ3n) is 3.29. The SMILES string of the molecule is CC1SCCN(C(=O)c2ccnc(N)c2F)C1C. The Morgan fingerprint density at radius 1 is 1.61 bits per heavy atom. The van der Waals surface area contributed by atoms with E-state index in [2.05, 4.69) is 11.9 Å². The van der Waals surface area contributed by atoms with Crippen molar-refractivity contribution in [1.82, 2.24) is 9.88 Å². The molecule has 0 spiro atoms. The molecule has 1 saturated heterocycles. The summed E-state index contributed by atoms with van der Waals surface area (Å²) < 4.78 is 13.8. The van der Waals surface area contributed by atoms with Crippen LogP contribution in [0.15, 0.2) is 12.3 Å². The first-order chi connectivity index (χ1) is 8.52. The predicted octanol–water partition coefficient (Wildman–Crippen LogP) is 1.77. The molecule has 0 saturated carbocycles. The number of carbonyl (C=O) groups is 1. The van der Waals surface area contributed by atoms with Crippen LogP contribution in [0.1, 0.15) is 24.2 Å². The molecule has 1 amide bonds. The molecule has 0 aliphatic carbocycles. The van der Waals surface area contributed by atoms with Crippen LogP contribution < -0.4 is 5.73 Å². The highest BCUT2D eigenvalue weighted by molar-refractivity contribution is 8.00. The molecule has 2 atom stereocenters. The van der Waals surface area contributed by atoms with E-state index in [1.54, 1.807) is 4.90 Å². The highest BCUT2D eigenvalue weighted by atomic mass is 32.2. The molecule has 1 aromatic rings. The molecule has 1 aromatic heterocycles. The first-order valence-electron chi connectivity index (χ1n) is 5.85. The van der Waals surface area contributed by atoms with E-state index in [9.17, 15) is 9.18 Å². The first-order valence-corrected chi connectivity index (χ1v) is 6.89. The van der Waals surface area contributed by atoms with Gasteiger partial charge in [-0.3, -0.25) is 4.79 Å². The average molecular weight is 269 g/mol. The van der Waals surface area contributed by atoms with Crippen molar-refractivity contribution in [1.29, 1.82) is 0 Å². The second-order valence-corrected chi connectivity index (χ2v) is 5.86. The lowest BCUT2D eigenvalue weighted by Crippen LogP contribution is -2.48. The van der Waals surface area contributed by atoms with Crippen LogP contribution in [0.5, 0.6) is 0 Å². The number of hydrogen-bond donors (Lipinski definition) is 1. The molecule has 6 heteroatoms. The summed E-state index contributed by atoms with van der Waals surface area (Å²) in [4.78, 5) is 17.7. The number of amides is 1. The second kappa shape index (κ2) is 5.14. The van der Waals surface area contributed by atoms with E-state index in [1.165, 1.54) is 12.3 Å². The Labute approximate surface area is 110 Å². The lowest BCUT2D eigenvalue weighted by molar-refractivity contribution is 0.0693. The molecule has 1 aliphatic heterocycles. The van der Waals surface area contributed by atoms with Crippen molar-refractivity contribution in [2.75, 3.05) is 18.0 Å². The molecule has 98 valence electrons. The van der Waals surface area contributed by atoms with Gasteiger partial charge in [0.2, 0.25) is 0 Å². The lowest BCUT2D eigenvalue weighted by Gasteiger charge is -2.37. The fourth-order valence-corrected chi connectivity index (χ4v) is 3.10. The van der Waals surface area contributed by atoms with Crippen LogP contribution in [0.25, 0.3) is 0 Å². The zero-order chi connectivity index (χ0) is 13.3. The number of hydrogen-bond acceptors (Lipinski definition) is 4. The van der Waals surface area contributed by atoms with Crippen molar-refractivity contribution >= 4 is 23.5 Å². The number of pyridine rings is 1. The molecule has 2 heterocycles. The van der Waals surface area contributed by atoms with Gasteiger partial charge < -0.3 is 10.6 Å². The first kappa shape index (κ1) is 13.1. The van der Waals surface area contributed by atoms with Crippen LogP contribution in [0, 0.1) is 5.82 Å². The van der Waals surface area contributed by atoms with Gasteiger partial charge in [0.1, 0.15) is 0 Å². The molecular weight excluding hydrogens is 253 g/mol. The van der Waals surface area contributed by atoms with Gasteiger partial charge >= 0.3 is 0 Å². The molecule has 2 rings (SSSR count). The average Bonchev–Trinajstić information content (AvgIpc) is 2.35. The van der Waals surface area contributed by atoms with Crippen LogP contribution in [-0.4, -0.2) is 39.4 Å². The number of aromatic nitrogens is 1. The van der Waals surface area contributed by atoms with Crippen LogP contribution in [-0.2, 0) is 0 Å². The standard InChI is InChI=1S/C12H16FN3OS/c1-7-8(2)18-6-5-16(7)12(17)9-3-4-15-11(14)10(9)13/h3-4,7-8H,5-6H2,1-2H3,(H2,14,15). The van der Waals surface area contributed by atoms with E-state index < -0.39 is 5.82 Å². The molecule has 1 fully saturated rings. The van der Waals surface area contributed by atoms with Crippen molar-refractivity contribution in [2.45, 2.75) is 25.1 Å². The van der Waals surface area contributed by atoms with Gasteiger partial charge in [0.15, 0.2) is 11.6 Å². The highest BCUT2D eigenvalue weighted by Crippen LogP contribution is 2.26. The van der Waals surface area contributed by atoms with Gasteiger partial charge in [-0.1, -0.05) is 6.92 Å². The predicted molar refractivity (Wildman–Crippen MR) is 71.0 cm³/mol. The lowest BCUT2D eigenvalue weighted by atomic mass is 10.1. The summed E-state index contributed by atoms with van der Waals surface area (Å²) in [6.45, 7) is 4.69. The largest absolute Gasteiger partial charge is 0.381 e. The maximum Gasteiger partial charge on any atom is 0.257 e. The number of rotatable bonds is 1. The van der Waals surface area contributed by atoms with E-state index in [0.717, 1.165) is 5.75 Å². The Morgan fingerprint density at radius 2 is 2.33 bits per heavy atom. The number of halogens is 1. The Kier molecular flexibility index (Phi) is 3.75. The van der Waals surface area contributed by atoms with Gasteiger partial charge in [-0.2, -0.15) is 11.8 Å². The van der Waals surface area contributed by atoms with Crippen molar-refractivity contribution < 1.29 is 9.18 Å². The molecule has 0 aromatic carbocycles. The minimum Gasteiger partial charge on any atom is -0.381 e.